The highest BCUT2D eigenvalue weighted by atomic mass is 35.5. The quantitative estimate of drug-likeness (QED) is 0.705. The molecule has 1 heterocycles. The van der Waals surface area contributed by atoms with Gasteiger partial charge in [0, 0.05) is 24.1 Å². The van der Waals surface area contributed by atoms with E-state index in [1.807, 2.05) is 24.3 Å². The van der Waals surface area contributed by atoms with Gasteiger partial charge >= 0.3 is 0 Å². The normalized spacial score (nSPS) is 10.9. The Hall–Kier alpha value is -2.51. The summed E-state index contributed by atoms with van der Waals surface area (Å²) in [6.45, 7) is 0.618. The van der Waals surface area contributed by atoms with E-state index in [0.29, 0.717) is 22.8 Å². The highest BCUT2D eigenvalue weighted by Crippen LogP contribution is 2.24. The maximum absolute atomic E-state index is 11.4. The molecule has 0 spiro atoms. The predicted molar refractivity (Wildman–Crippen MR) is 100 cm³/mol. The molecule has 0 atom stereocenters. The molecule has 0 aliphatic heterocycles. The second-order valence-corrected chi connectivity index (χ2v) is 7.48. The molecule has 0 aliphatic carbocycles. The number of benzene rings is 2. The number of sulfone groups is 1. The standard InChI is InChI=1S/C17H17N3O3S.ClH/c1-24(21,22)15-8-6-14(7-9-15)19-10-12-2-4-13(5-3-12)17-16(18)11-23-20-17;/h2-9,11,19H,10,18H2,1H3;1H. The van der Waals surface area contributed by atoms with E-state index in [9.17, 15) is 8.42 Å². The van der Waals surface area contributed by atoms with Crippen LogP contribution in [0, 0.1) is 0 Å². The number of aromatic nitrogens is 1. The molecule has 0 aliphatic rings. The van der Waals surface area contributed by atoms with Crippen molar-refractivity contribution in [1.29, 1.82) is 0 Å². The molecule has 6 nitrogen and oxygen atoms in total. The number of halogens is 1. The van der Waals surface area contributed by atoms with Gasteiger partial charge in [0.05, 0.1) is 4.90 Å². The molecule has 0 amide bonds. The summed E-state index contributed by atoms with van der Waals surface area (Å²) in [5.41, 5.74) is 9.74. The van der Waals surface area contributed by atoms with Crippen molar-refractivity contribution in [1.82, 2.24) is 5.16 Å². The molecule has 0 unspecified atom stereocenters. The van der Waals surface area contributed by atoms with E-state index in [1.165, 1.54) is 12.5 Å². The van der Waals surface area contributed by atoms with Gasteiger partial charge in [-0.25, -0.2) is 8.42 Å². The average Bonchev–Trinajstić information content (AvgIpc) is 2.99. The number of hydrogen-bond acceptors (Lipinski definition) is 6. The maximum atomic E-state index is 11.4. The van der Waals surface area contributed by atoms with Crippen LogP contribution < -0.4 is 11.1 Å². The minimum Gasteiger partial charge on any atom is -0.394 e. The number of nitrogens with two attached hydrogens (primary N) is 1. The lowest BCUT2D eigenvalue weighted by atomic mass is 10.1. The summed E-state index contributed by atoms with van der Waals surface area (Å²) < 4.78 is 27.7. The Morgan fingerprint density at radius 2 is 1.72 bits per heavy atom. The monoisotopic (exact) mass is 379 g/mol. The highest BCUT2D eigenvalue weighted by molar-refractivity contribution is 7.90. The molecule has 0 saturated heterocycles. The third kappa shape index (κ3) is 4.52. The van der Waals surface area contributed by atoms with Gasteiger partial charge in [-0.3, -0.25) is 0 Å². The largest absolute Gasteiger partial charge is 0.394 e. The van der Waals surface area contributed by atoms with Crippen molar-refractivity contribution < 1.29 is 12.9 Å². The van der Waals surface area contributed by atoms with Crippen LogP contribution in [0.25, 0.3) is 11.3 Å². The van der Waals surface area contributed by atoms with Crippen molar-refractivity contribution in [2.45, 2.75) is 11.4 Å². The molecule has 25 heavy (non-hydrogen) atoms. The van der Waals surface area contributed by atoms with Crippen molar-refractivity contribution >= 4 is 33.6 Å². The summed E-state index contributed by atoms with van der Waals surface area (Å²) in [6, 6.07) is 14.5. The molecule has 0 bridgehead atoms. The van der Waals surface area contributed by atoms with E-state index in [0.717, 1.165) is 16.8 Å². The Labute approximate surface area is 152 Å². The zero-order valence-electron chi connectivity index (χ0n) is 13.5. The summed E-state index contributed by atoms with van der Waals surface area (Å²) in [6.07, 6.45) is 2.60. The summed E-state index contributed by atoms with van der Waals surface area (Å²) in [4.78, 5) is 0.308. The molecule has 8 heteroatoms. The first kappa shape index (κ1) is 18.8. The van der Waals surface area contributed by atoms with Gasteiger partial charge in [0.2, 0.25) is 0 Å². The van der Waals surface area contributed by atoms with E-state index in [2.05, 4.69) is 10.5 Å². The van der Waals surface area contributed by atoms with Gasteiger partial charge in [0.15, 0.2) is 9.84 Å². The number of hydrogen-bond donors (Lipinski definition) is 2. The number of rotatable bonds is 5. The van der Waals surface area contributed by atoms with Gasteiger partial charge in [0.1, 0.15) is 17.6 Å². The molecule has 0 fully saturated rings. The summed E-state index contributed by atoms with van der Waals surface area (Å²) >= 11 is 0. The lowest BCUT2D eigenvalue weighted by Gasteiger charge is -2.08. The van der Waals surface area contributed by atoms with Crippen LogP contribution in [0.15, 0.2) is 64.2 Å². The van der Waals surface area contributed by atoms with E-state index in [4.69, 9.17) is 10.3 Å². The third-order valence-corrected chi connectivity index (χ3v) is 4.73. The number of anilines is 2. The highest BCUT2D eigenvalue weighted by Gasteiger charge is 2.07. The predicted octanol–water partition coefficient (Wildman–Crippen LogP) is 3.36. The average molecular weight is 380 g/mol. The first-order chi connectivity index (χ1) is 11.4. The van der Waals surface area contributed by atoms with E-state index >= 15 is 0 Å². The first-order valence-corrected chi connectivity index (χ1v) is 9.16. The SMILES string of the molecule is CS(=O)(=O)c1ccc(NCc2ccc(-c3nocc3N)cc2)cc1.Cl. The van der Waals surface area contributed by atoms with Crippen LogP contribution in [0.1, 0.15) is 5.56 Å². The van der Waals surface area contributed by atoms with Gasteiger partial charge in [-0.1, -0.05) is 29.4 Å². The second-order valence-electron chi connectivity index (χ2n) is 5.47. The molecule has 2 aromatic carbocycles. The van der Waals surface area contributed by atoms with Crippen molar-refractivity contribution in [3.8, 4) is 11.3 Å². The van der Waals surface area contributed by atoms with Gasteiger partial charge in [-0.15, -0.1) is 12.4 Å². The Bertz CT molecular complexity index is 936. The van der Waals surface area contributed by atoms with Gasteiger partial charge in [-0.05, 0) is 29.8 Å². The summed E-state index contributed by atoms with van der Waals surface area (Å²) in [5.74, 6) is 0. The van der Waals surface area contributed by atoms with Crippen molar-refractivity contribution in [2.24, 2.45) is 0 Å². The lowest BCUT2D eigenvalue weighted by molar-refractivity contribution is 0.422. The fraction of sp³-hybridized carbons (Fsp3) is 0.118. The summed E-state index contributed by atoms with van der Waals surface area (Å²) in [7, 11) is -3.17. The van der Waals surface area contributed by atoms with Gasteiger partial charge in [-0.2, -0.15) is 0 Å². The zero-order valence-corrected chi connectivity index (χ0v) is 15.1. The van der Waals surface area contributed by atoms with Gasteiger partial charge in [0.25, 0.3) is 0 Å². The van der Waals surface area contributed by atoms with Crippen molar-refractivity contribution in [2.75, 3.05) is 17.3 Å². The first-order valence-electron chi connectivity index (χ1n) is 7.26. The molecule has 3 N–H and O–H groups in total. The second kappa shape index (κ2) is 7.58. The van der Waals surface area contributed by atoms with E-state index in [1.54, 1.807) is 24.3 Å². The van der Waals surface area contributed by atoms with Crippen molar-refractivity contribution in [3.05, 3.63) is 60.4 Å². The van der Waals surface area contributed by atoms with E-state index in [-0.39, 0.29) is 12.4 Å². The topological polar surface area (TPSA) is 98.2 Å². The zero-order chi connectivity index (χ0) is 17.2. The lowest BCUT2D eigenvalue weighted by Crippen LogP contribution is -2.01. The van der Waals surface area contributed by atoms with Crippen LogP contribution >= 0.6 is 12.4 Å². The molecular formula is C17H18ClN3O3S. The molecule has 3 aromatic rings. The molecular weight excluding hydrogens is 362 g/mol. The third-order valence-electron chi connectivity index (χ3n) is 3.60. The van der Waals surface area contributed by atoms with Crippen LogP contribution in [0.2, 0.25) is 0 Å². The number of nitrogen functional groups attached to an aromatic ring is 1. The molecule has 3 rings (SSSR count). The van der Waals surface area contributed by atoms with Crippen molar-refractivity contribution in [3.63, 3.8) is 0 Å². The number of nitrogens with zero attached hydrogens (tertiary/aromatic N) is 1. The Kier molecular flexibility index (Phi) is 5.71. The van der Waals surface area contributed by atoms with Gasteiger partial charge < -0.3 is 15.6 Å². The smallest absolute Gasteiger partial charge is 0.175 e. The summed E-state index contributed by atoms with van der Waals surface area (Å²) in [5, 5.41) is 7.12. The van der Waals surface area contributed by atoms with Crippen LogP contribution in [0.4, 0.5) is 11.4 Å². The molecule has 0 radical (unpaired) electrons. The fourth-order valence-corrected chi connectivity index (χ4v) is 2.90. The van der Waals surface area contributed by atoms with Crippen LogP contribution in [0.3, 0.4) is 0 Å². The Morgan fingerprint density at radius 3 is 2.24 bits per heavy atom. The van der Waals surface area contributed by atoms with Crippen LogP contribution in [-0.4, -0.2) is 19.8 Å². The Balaban J connectivity index is 0.00000225. The minimum absolute atomic E-state index is 0. The van der Waals surface area contributed by atoms with Crippen LogP contribution in [-0.2, 0) is 16.4 Å². The molecule has 1 aromatic heterocycles. The fourth-order valence-electron chi connectivity index (χ4n) is 2.27. The Morgan fingerprint density at radius 1 is 1.08 bits per heavy atom. The van der Waals surface area contributed by atoms with Crippen LogP contribution in [0.5, 0.6) is 0 Å². The molecule has 132 valence electrons. The molecule has 0 saturated carbocycles. The maximum Gasteiger partial charge on any atom is 0.175 e. The van der Waals surface area contributed by atoms with E-state index < -0.39 is 9.84 Å². The number of nitrogens with one attached hydrogen (secondary N) is 1. The minimum atomic E-state index is -3.17.